The molecule has 0 bridgehead atoms. The minimum absolute atomic E-state index is 0.00286. The number of hydrogen-bond donors (Lipinski definition) is 1. The van der Waals surface area contributed by atoms with Crippen molar-refractivity contribution in [3.05, 3.63) is 35.6 Å². The molecule has 2 rings (SSSR count). The molecule has 21 heavy (non-hydrogen) atoms. The quantitative estimate of drug-likeness (QED) is 0.835. The predicted molar refractivity (Wildman–Crippen MR) is 77.9 cm³/mol. The van der Waals surface area contributed by atoms with E-state index in [1.807, 2.05) is 0 Å². The Hall–Kier alpha value is -1.47. The largest absolute Gasteiger partial charge is 0.352 e. The average Bonchev–Trinajstić information content (AvgIpc) is 2.45. The van der Waals surface area contributed by atoms with Gasteiger partial charge < -0.3 is 5.32 Å². The molecule has 0 radical (unpaired) electrons. The van der Waals surface area contributed by atoms with E-state index in [4.69, 9.17) is 0 Å². The van der Waals surface area contributed by atoms with Crippen LogP contribution in [0.25, 0.3) is 0 Å². The number of amides is 1. The Labute approximate surface area is 124 Å². The molecule has 1 fully saturated rings. The van der Waals surface area contributed by atoms with Gasteiger partial charge in [0.05, 0.1) is 11.3 Å². The Bertz CT molecular complexity index is 604. The van der Waals surface area contributed by atoms with Gasteiger partial charge in [0.25, 0.3) is 5.91 Å². The summed E-state index contributed by atoms with van der Waals surface area (Å²) >= 11 is 0. The summed E-state index contributed by atoms with van der Waals surface area (Å²) in [5.41, 5.74) is 0.00286. The monoisotopic (exact) mass is 314 g/mol. The van der Waals surface area contributed by atoms with Crippen LogP contribution in [0.3, 0.4) is 0 Å². The van der Waals surface area contributed by atoms with Gasteiger partial charge >= 0.3 is 0 Å². The molecule has 0 saturated carbocycles. The first-order valence-corrected chi connectivity index (χ1v) is 8.62. The van der Waals surface area contributed by atoms with Crippen LogP contribution in [0.5, 0.6) is 0 Å². The van der Waals surface area contributed by atoms with Crippen molar-refractivity contribution in [3.63, 3.8) is 0 Å². The topological polar surface area (TPSA) is 66.5 Å². The third-order valence-electron chi connectivity index (χ3n) is 3.44. The molecule has 1 aliphatic heterocycles. The Morgan fingerprint density at radius 1 is 1.29 bits per heavy atom. The van der Waals surface area contributed by atoms with E-state index in [9.17, 15) is 17.6 Å². The molecule has 1 amide bonds. The number of nitrogens with zero attached hydrogens (tertiary/aromatic N) is 1. The van der Waals surface area contributed by atoms with Gasteiger partial charge in [-0.3, -0.25) is 4.79 Å². The smallest absolute Gasteiger partial charge is 0.254 e. The molecule has 0 aromatic heterocycles. The molecule has 0 unspecified atom stereocenters. The summed E-state index contributed by atoms with van der Waals surface area (Å²) in [5.74, 6) is -0.836. The number of carbonyl (C=O) groups excluding carboxylic acids is 1. The van der Waals surface area contributed by atoms with Crippen molar-refractivity contribution >= 4 is 15.9 Å². The zero-order chi connectivity index (χ0) is 15.3. The van der Waals surface area contributed by atoms with E-state index in [1.165, 1.54) is 22.5 Å². The highest BCUT2D eigenvalue weighted by molar-refractivity contribution is 7.89. The van der Waals surface area contributed by atoms with Gasteiger partial charge in [-0.1, -0.05) is 12.1 Å². The lowest BCUT2D eigenvalue weighted by Gasteiger charge is -2.26. The lowest BCUT2D eigenvalue weighted by Crippen LogP contribution is -2.39. The van der Waals surface area contributed by atoms with E-state index in [1.54, 1.807) is 6.07 Å². The standard InChI is InChI=1S/C14H19FN2O3S/c15-13-7-2-1-6-12(13)14(18)16-8-5-10-17-9-3-4-11-21(17,19)20/h1-2,6-7H,3-5,8-11H2,(H,16,18). The van der Waals surface area contributed by atoms with Gasteiger partial charge in [-0.15, -0.1) is 0 Å². The van der Waals surface area contributed by atoms with E-state index in [0.29, 0.717) is 32.5 Å². The minimum atomic E-state index is -3.12. The van der Waals surface area contributed by atoms with E-state index in [2.05, 4.69) is 5.32 Å². The van der Waals surface area contributed by atoms with Crippen LogP contribution in [0.4, 0.5) is 4.39 Å². The van der Waals surface area contributed by atoms with Crippen LogP contribution in [0.15, 0.2) is 24.3 Å². The van der Waals surface area contributed by atoms with Crippen molar-refractivity contribution in [1.29, 1.82) is 0 Å². The lowest BCUT2D eigenvalue weighted by atomic mass is 10.2. The molecule has 5 nitrogen and oxygen atoms in total. The Morgan fingerprint density at radius 2 is 2.05 bits per heavy atom. The molecule has 1 aliphatic rings. The zero-order valence-electron chi connectivity index (χ0n) is 11.7. The summed E-state index contributed by atoms with van der Waals surface area (Å²) < 4.78 is 38.4. The van der Waals surface area contributed by atoms with Crippen LogP contribution >= 0.6 is 0 Å². The molecule has 116 valence electrons. The Kier molecular flexibility index (Phi) is 5.30. The lowest BCUT2D eigenvalue weighted by molar-refractivity contribution is 0.0948. The zero-order valence-corrected chi connectivity index (χ0v) is 12.5. The molecule has 1 aromatic carbocycles. The fourth-order valence-corrected chi connectivity index (χ4v) is 3.93. The molecule has 1 saturated heterocycles. The van der Waals surface area contributed by atoms with Crippen molar-refractivity contribution in [2.45, 2.75) is 19.3 Å². The normalized spacial score (nSPS) is 18.3. The van der Waals surface area contributed by atoms with Crippen LogP contribution in [0, 0.1) is 5.82 Å². The van der Waals surface area contributed by atoms with E-state index < -0.39 is 21.7 Å². The second-order valence-corrected chi connectivity index (χ2v) is 7.10. The number of carbonyl (C=O) groups is 1. The summed E-state index contributed by atoms with van der Waals surface area (Å²) in [4.78, 5) is 11.8. The van der Waals surface area contributed by atoms with Gasteiger partial charge in [-0.25, -0.2) is 17.1 Å². The summed E-state index contributed by atoms with van der Waals surface area (Å²) in [5, 5.41) is 2.61. The summed E-state index contributed by atoms with van der Waals surface area (Å²) in [6.07, 6.45) is 2.10. The number of nitrogens with one attached hydrogen (secondary N) is 1. The highest BCUT2D eigenvalue weighted by Crippen LogP contribution is 2.13. The number of hydrogen-bond acceptors (Lipinski definition) is 3. The maximum Gasteiger partial charge on any atom is 0.254 e. The maximum absolute atomic E-state index is 13.4. The van der Waals surface area contributed by atoms with Crippen LogP contribution in [0.2, 0.25) is 0 Å². The third kappa shape index (κ3) is 4.25. The first-order valence-electron chi connectivity index (χ1n) is 7.01. The predicted octanol–water partition coefficient (Wildman–Crippen LogP) is 1.37. The molecular weight excluding hydrogens is 295 g/mol. The highest BCUT2D eigenvalue weighted by atomic mass is 32.2. The van der Waals surface area contributed by atoms with E-state index in [0.717, 1.165) is 6.42 Å². The SMILES string of the molecule is O=C(NCCCN1CCCCS1(=O)=O)c1ccccc1F. The molecule has 0 aliphatic carbocycles. The number of rotatable bonds is 5. The van der Waals surface area contributed by atoms with Gasteiger partial charge in [0, 0.05) is 19.6 Å². The van der Waals surface area contributed by atoms with Gasteiger partial charge in [-0.05, 0) is 31.4 Å². The summed E-state index contributed by atoms with van der Waals surface area (Å²) in [6.45, 7) is 1.25. The van der Waals surface area contributed by atoms with Crippen molar-refractivity contribution < 1.29 is 17.6 Å². The fraction of sp³-hybridized carbons (Fsp3) is 0.500. The average molecular weight is 314 g/mol. The third-order valence-corrected chi connectivity index (χ3v) is 5.40. The molecule has 7 heteroatoms. The van der Waals surface area contributed by atoms with Gasteiger partial charge in [0.2, 0.25) is 10.0 Å². The summed E-state index contributed by atoms with van der Waals surface area (Å²) in [6, 6.07) is 5.76. The van der Waals surface area contributed by atoms with Crippen molar-refractivity contribution in [2.24, 2.45) is 0 Å². The van der Waals surface area contributed by atoms with E-state index >= 15 is 0 Å². The Morgan fingerprint density at radius 3 is 2.76 bits per heavy atom. The van der Waals surface area contributed by atoms with Crippen LogP contribution < -0.4 is 5.32 Å². The first-order chi connectivity index (χ1) is 10.0. The molecule has 1 heterocycles. The second kappa shape index (κ2) is 7.00. The van der Waals surface area contributed by atoms with Crippen molar-refractivity contribution in [1.82, 2.24) is 9.62 Å². The first kappa shape index (κ1) is 15.9. The van der Waals surface area contributed by atoms with Crippen LogP contribution in [-0.4, -0.2) is 44.0 Å². The molecule has 0 atom stereocenters. The molecular formula is C14H19FN2O3S. The second-order valence-electron chi connectivity index (χ2n) is 5.01. The van der Waals surface area contributed by atoms with Gasteiger partial charge in [0.1, 0.15) is 5.82 Å². The van der Waals surface area contributed by atoms with Crippen LogP contribution in [-0.2, 0) is 10.0 Å². The number of sulfonamides is 1. The van der Waals surface area contributed by atoms with Crippen LogP contribution in [0.1, 0.15) is 29.6 Å². The van der Waals surface area contributed by atoms with Crippen molar-refractivity contribution in [3.8, 4) is 0 Å². The molecule has 1 N–H and O–H groups in total. The van der Waals surface area contributed by atoms with Crippen molar-refractivity contribution in [2.75, 3.05) is 25.4 Å². The van der Waals surface area contributed by atoms with Gasteiger partial charge in [0.15, 0.2) is 0 Å². The number of benzene rings is 1. The molecule has 1 aromatic rings. The van der Waals surface area contributed by atoms with Gasteiger partial charge in [-0.2, -0.15) is 0 Å². The number of halogens is 1. The fourth-order valence-electron chi connectivity index (χ4n) is 2.29. The minimum Gasteiger partial charge on any atom is -0.352 e. The van der Waals surface area contributed by atoms with E-state index in [-0.39, 0.29) is 11.3 Å². The Balaban J connectivity index is 1.77. The highest BCUT2D eigenvalue weighted by Gasteiger charge is 2.24. The summed E-state index contributed by atoms with van der Waals surface area (Å²) in [7, 11) is -3.12. The molecule has 0 spiro atoms. The maximum atomic E-state index is 13.4.